The van der Waals surface area contributed by atoms with E-state index in [1.807, 2.05) is 30.5 Å². The van der Waals surface area contributed by atoms with E-state index in [2.05, 4.69) is 25.1 Å². The fourth-order valence-corrected chi connectivity index (χ4v) is 3.81. The Bertz CT molecular complexity index is 1210. The maximum absolute atomic E-state index is 10.6. The second kappa shape index (κ2) is 11.3. The average molecular weight is 461 g/mol. The van der Waals surface area contributed by atoms with Gasteiger partial charge in [0, 0.05) is 22.9 Å². The SMILES string of the molecule is CCCc1c(OCCCOc2ccc(OCC(=O)O)cc2)ccc2c(-c3ccccc3)coc12. The van der Waals surface area contributed by atoms with Gasteiger partial charge in [-0.1, -0.05) is 43.7 Å². The summed E-state index contributed by atoms with van der Waals surface area (Å²) < 4.78 is 23.0. The lowest BCUT2D eigenvalue weighted by Crippen LogP contribution is -2.09. The van der Waals surface area contributed by atoms with Crippen LogP contribution in [0.15, 0.2) is 77.4 Å². The van der Waals surface area contributed by atoms with Gasteiger partial charge in [0.1, 0.15) is 22.8 Å². The lowest BCUT2D eigenvalue weighted by molar-refractivity contribution is -0.139. The van der Waals surface area contributed by atoms with E-state index in [-0.39, 0.29) is 6.61 Å². The van der Waals surface area contributed by atoms with Gasteiger partial charge in [0.05, 0.1) is 19.5 Å². The highest BCUT2D eigenvalue weighted by atomic mass is 16.5. The first-order chi connectivity index (χ1) is 16.7. The lowest BCUT2D eigenvalue weighted by Gasteiger charge is -2.12. The number of hydrogen-bond acceptors (Lipinski definition) is 5. The van der Waals surface area contributed by atoms with E-state index >= 15 is 0 Å². The first kappa shape index (κ1) is 23.2. The van der Waals surface area contributed by atoms with Gasteiger partial charge in [-0.15, -0.1) is 0 Å². The number of aryl methyl sites for hydroxylation is 1. The van der Waals surface area contributed by atoms with Gasteiger partial charge < -0.3 is 23.7 Å². The second-order valence-electron chi connectivity index (χ2n) is 7.89. The van der Waals surface area contributed by atoms with Crippen LogP contribution in [-0.4, -0.2) is 30.9 Å². The van der Waals surface area contributed by atoms with Gasteiger partial charge in [-0.2, -0.15) is 0 Å². The van der Waals surface area contributed by atoms with Crippen molar-refractivity contribution in [2.45, 2.75) is 26.2 Å². The van der Waals surface area contributed by atoms with Crippen LogP contribution < -0.4 is 14.2 Å². The number of aliphatic carboxylic acids is 1. The third-order valence-corrected chi connectivity index (χ3v) is 5.39. The molecule has 3 aromatic carbocycles. The third kappa shape index (κ3) is 5.70. The molecule has 0 atom stereocenters. The van der Waals surface area contributed by atoms with Crippen LogP contribution in [0.1, 0.15) is 25.3 Å². The maximum Gasteiger partial charge on any atom is 0.341 e. The first-order valence-corrected chi connectivity index (χ1v) is 11.4. The molecule has 1 N–H and O–H groups in total. The molecule has 0 amide bonds. The standard InChI is InChI=1S/C28H28O6/c1-2-7-24-26(15-14-23-25(18-34-28(23)24)20-8-4-3-5-9-20)32-17-6-16-31-21-10-12-22(13-11-21)33-19-27(29)30/h3-5,8-15,18H,2,6-7,16-17,19H2,1H3,(H,29,30). The molecule has 6 heteroatoms. The largest absolute Gasteiger partial charge is 0.493 e. The molecule has 4 rings (SSSR count). The van der Waals surface area contributed by atoms with Crippen LogP contribution in [0.3, 0.4) is 0 Å². The minimum atomic E-state index is -1.01. The van der Waals surface area contributed by atoms with Crippen molar-refractivity contribution in [2.75, 3.05) is 19.8 Å². The predicted octanol–water partition coefficient (Wildman–Crippen LogP) is 6.36. The topological polar surface area (TPSA) is 78.1 Å². The number of rotatable bonds is 12. The summed E-state index contributed by atoms with van der Waals surface area (Å²) in [5.74, 6) is 1.03. The summed E-state index contributed by atoms with van der Waals surface area (Å²) in [5, 5.41) is 9.76. The van der Waals surface area contributed by atoms with Crippen molar-refractivity contribution in [1.29, 1.82) is 0 Å². The fraction of sp³-hybridized carbons (Fsp3) is 0.250. The predicted molar refractivity (Wildman–Crippen MR) is 131 cm³/mol. The van der Waals surface area contributed by atoms with E-state index in [0.29, 0.717) is 31.1 Å². The van der Waals surface area contributed by atoms with E-state index in [1.54, 1.807) is 24.3 Å². The zero-order valence-corrected chi connectivity index (χ0v) is 19.2. The summed E-state index contributed by atoms with van der Waals surface area (Å²) in [6.45, 7) is 2.80. The van der Waals surface area contributed by atoms with Crippen LogP contribution >= 0.6 is 0 Å². The smallest absolute Gasteiger partial charge is 0.341 e. The molecule has 0 saturated carbocycles. The molecule has 0 radical (unpaired) electrons. The number of carbonyl (C=O) groups is 1. The van der Waals surface area contributed by atoms with Crippen LogP contribution in [0.5, 0.6) is 17.2 Å². The minimum Gasteiger partial charge on any atom is -0.493 e. The lowest BCUT2D eigenvalue weighted by atomic mass is 10.0. The Morgan fingerprint density at radius 2 is 1.59 bits per heavy atom. The summed E-state index contributed by atoms with van der Waals surface area (Å²) >= 11 is 0. The Balaban J connectivity index is 1.34. The summed E-state index contributed by atoms with van der Waals surface area (Å²) in [6.07, 6.45) is 4.41. The number of carboxylic acid groups (broad SMARTS) is 1. The van der Waals surface area contributed by atoms with Crippen LogP contribution in [0, 0.1) is 0 Å². The summed E-state index contributed by atoms with van der Waals surface area (Å²) in [7, 11) is 0. The molecule has 0 aliphatic rings. The normalized spacial score (nSPS) is 10.9. The number of carboxylic acids is 1. The molecule has 4 aromatic rings. The second-order valence-corrected chi connectivity index (χ2v) is 7.89. The average Bonchev–Trinajstić information content (AvgIpc) is 3.29. The Hall–Kier alpha value is -3.93. The van der Waals surface area contributed by atoms with Crippen molar-refractivity contribution in [3.05, 3.63) is 78.6 Å². The van der Waals surface area contributed by atoms with Gasteiger partial charge in [0.25, 0.3) is 0 Å². The van der Waals surface area contributed by atoms with Crippen LogP contribution in [-0.2, 0) is 11.2 Å². The molecule has 1 heterocycles. The summed E-state index contributed by atoms with van der Waals surface area (Å²) in [4.78, 5) is 10.6. The number of fused-ring (bicyclic) bond motifs is 1. The molecule has 1 aromatic heterocycles. The molecule has 0 aliphatic carbocycles. The third-order valence-electron chi connectivity index (χ3n) is 5.39. The maximum atomic E-state index is 10.6. The molecule has 0 unspecified atom stereocenters. The monoisotopic (exact) mass is 460 g/mol. The van der Waals surface area contributed by atoms with Crippen LogP contribution in [0.4, 0.5) is 0 Å². The molecule has 176 valence electrons. The van der Waals surface area contributed by atoms with Crippen molar-refractivity contribution < 1.29 is 28.5 Å². The number of benzene rings is 3. The van der Waals surface area contributed by atoms with Gasteiger partial charge in [-0.25, -0.2) is 4.79 Å². The fourth-order valence-electron chi connectivity index (χ4n) is 3.81. The molecule has 34 heavy (non-hydrogen) atoms. The number of hydrogen-bond donors (Lipinski definition) is 1. The number of ether oxygens (including phenoxy) is 3. The van der Waals surface area contributed by atoms with Crippen molar-refractivity contribution in [3.63, 3.8) is 0 Å². The van der Waals surface area contributed by atoms with E-state index in [1.165, 1.54) is 0 Å². The Morgan fingerprint density at radius 1 is 0.882 bits per heavy atom. The van der Waals surface area contributed by atoms with Gasteiger partial charge in [-0.3, -0.25) is 0 Å². The molecule has 0 bridgehead atoms. The number of furan rings is 1. The molecule has 6 nitrogen and oxygen atoms in total. The molecule has 0 aliphatic heterocycles. The van der Waals surface area contributed by atoms with Gasteiger partial charge >= 0.3 is 5.97 Å². The van der Waals surface area contributed by atoms with Crippen LogP contribution in [0.25, 0.3) is 22.1 Å². The molecule has 0 saturated heterocycles. The molecule has 0 fully saturated rings. The molecular weight excluding hydrogens is 432 g/mol. The quantitative estimate of drug-likeness (QED) is 0.248. The summed E-state index contributed by atoms with van der Waals surface area (Å²) in [5.41, 5.74) is 4.21. The highest BCUT2D eigenvalue weighted by molar-refractivity contribution is 5.96. The Labute approximate surface area is 198 Å². The van der Waals surface area contributed by atoms with Crippen LogP contribution in [0.2, 0.25) is 0 Å². The van der Waals surface area contributed by atoms with Gasteiger partial charge in [-0.05, 0) is 48.4 Å². The van der Waals surface area contributed by atoms with Crippen molar-refractivity contribution in [1.82, 2.24) is 0 Å². The van der Waals surface area contributed by atoms with E-state index in [0.717, 1.165) is 46.3 Å². The zero-order chi connectivity index (χ0) is 23.8. The van der Waals surface area contributed by atoms with Gasteiger partial charge in [0.15, 0.2) is 6.61 Å². The highest BCUT2D eigenvalue weighted by Gasteiger charge is 2.15. The summed E-state index contributed by atoms with van der Waals surface area (Å²) in [6, 6.07) is 21.2. The van der Waals surface area contributed by atoms with Crippen molar-refractivity contribution >= 4 is 16.9 Å². The Morgan fingerprint density at radius 3 is 2.29 bits per heavy atom. The molecule has 0 spiro atoms. The van der Waals surface area contributed by atoms with Crippen molar-refractivity contribution in [3.8, 4) is 28.4 Å². The van der Waals surface area contributed by atoms with Gasteiger partial charge in [0.2, 0.25) is 0 Å². The first-order valence-electron chi connectivity index (χ1n) is 11.4. The minimum absolute atomic E-state index is 0.366. The van der Waals surface area contributed by atoms with Crippen molar-refractivity contribution in [2.24, 2.45) is 0 Å². The van der Waals surface area contributed by atoms with E-state index in [9.17, 15) is 4.79 Å². The van der Waals surface area contributed by atoms with E-state index in [4.69, 9.17) is 23.7 Å². The van der Waals surface area contributed by atoms with E-state index < -0.39 is 5.97 Å². The Kier molecular flexibility index (Phi) is 7.71. The zero-order valence-electron chi connectivity index (χ0n) is 19.2. The highest BCUT2D eigenvalue weighted by Crippen LogP contribution is 2.37. The molecular formula is C28H28O6.